The Bertz CT molecular complexity index is 657. The number of hydrogen-bond acceptors (Lipinski definition) is 4. The Morgan fingerprint density at radius 1 is 1.17 bits per heavy atom. The van der Waals surface area contributed by atoms with E-state index in [1.807, 2.05) is 0 Å². The largest absolute Gasteiger partial charge is 0.385 e. The lowest BCUT2D eigenvalue weighted by atomic mass is 9.77. The Hall–Kier alpha value is -1.20. The first-order chi connectivity index (χ1) is 14.0. The summed E-state index contributed by atoms with van der Waals surface area (Å²) < 4.78 is -0.445. The van der Waals surface area contributed by atoms with Gasteiger partial charge in [-0.05, 0) is 87.2 Å². The quantitative estimate of drug-likeness (QED) is 0.490. The highest BCUT2D eigenvalue weighted by Gasteiger charge is 2.52. The van der Waals surface area contributed by atoms with Gasteiger partial charge in [0.2, 0.25) is 5.91 Å². The first kappa shape index (κ1) is 22.5. The van der Waals surface area contributed by atoms with Crippen molar-refractivity contribution in [2.45, 2.75) is 81.3 Å². The van der Waals surface area contributed by atoms with Gasteiger partial charge in [-0.2, -0.15) is 0 Å². The number of unbranched alkanes of at least 4 members (excludes halogenated alkanes) is 1. The molecule has 1 aromatic rings. The van der Waals surface area contributed by atoms with Gasteiger partial charge in [0.05, 0.1) is 4.75 Å². The minimum absolute atomic E-state index is 0.137. The number of amides is 1. The molecule has 2 atom stereocenters. The molecule has 1 heterocycles. The van der Waals surface area contributed by atoms with Crippen molar-refractivity contribution < 1.29 is 4.79 Å². The zero-order chi connectivity index (χ0) is 20.7. The van der Waals surface area contributed by atoms with Gasteiger partial charge < -0.3 is 16.4 Å². The van der Waals surface area contributed by atoms with Gasteiger partial charge in [-0.1, -0.05) is 33.1 Å². The average molecular weight is 418 g/mol. The van der Waals surface area contributed by atoms with Crippen molar-refractivity contribution in [3.05, 3.63) is 24.3 Å². The monoisotopic (exact) mass is 417 g/mol. The summed E-state index contributed by atoms with van der Waals surface area (Å²) in [5.74, 6) is 0.601. The second-order valence-electron chi connectivity index (χ2n) is 9.21. The highest BCUT2D eigenvalue weighted by molar-refractivity contribution is 8.01. The number of benzene rings is 1. The van der Waals surface area contributed by atoms with Gasteiger partial charge in [-0.3, -0.25) is 4.79 Å². The summed E-state index contributed by atoms with van der Waals surface area (Å²) in [7, 11) is 0. The lowest BCUT2D eigenvalue weighted by molar-refractivity contribution is -0.120. The predicted molar refractivity (Wildman–Crippen MR) is 124 cm³/mol. The van der Waals surface area contributed by atoms with Crippen LogP contribution in [0.2, 0.25) is 0 Å². The minimum Gasteiger partial charge on any atom is -0.385 e. The topological polar surface area (TPSA) is 67.1 Å². The fourth-order valence-corrected chi connectivity index (χ4v) is 6.46. The van der Waals surface area contributed by atoms with E-state index in [0.717, 1.165) is 49.7 Å². The number of carbonyl (C=O) groups excluding carboxylic acids is 1. The Kier molecular flexibility index (Phi) is 7.92. The molecule has 4 nitrogen and oxygen atoms in total. The average Bonchev–Trinajstić information content (AvgIpc) is 3.09. The first-order valence-electron chi connectivity index (χ1n) is 11.5. The van der Waals surface area contributed by atoms with Gasteiger partial charge in [-0.15, -0.1) is 11.8 Å². The molecule has 0 bridgehead atoms. The molecular weight excluding hydrogens is 378 g/mol. The highest BCUT2D eigenvalue weighted by atomic mass is 32.2. The van der Waals surface area contributed by atoms with Crippen molar-refractivity contribution in [1.29, 1.82) is 0 Å². The summed E-state index contributed by atoms with van der Waals surface area (Å²) in [4.78, 5) is 13.6. The van der Waals surface area contributed by atoms with E-state index in [2.05, 4.69) is 48.7 Å². The third kappa shape index (κ3) is 5.69. The number of anilines is 1. The standard InChI is InChI=1S/C24H39N3OS/c1-3-5-6-19(4-2)17-27-20-7-9-21(10-8-20)29-24(22(25)28)12-11-23(18-24)13-15-26-16-14-23/h7-10,19,26-27H,3-6,11-18H2,1-2H3,(H2,25,28). The van der Waals surface area contributed by atoms with Crippen LogP contribution in [0.1, 0.15) is 71.6 Å². The number of nitrogens with one attached hydrogen (secondary N) is 2. The van der Waals surface area contributed by atoms with E-state index in [9.17, 15) is 4.79 Å². The Morgan fingerprint density at radius 2 is 1.90 bits per heavy atom. The molecule has 3 rings (SSSR count). The van der Waals surface area contributed by atoms with E-state index in [1.165, 1.54) is 44.2 Å². The summed E-state index contributed by atoms with van der Waals surface area (Å²) in [6.45, 7) is 7.70. The lowest BCUT2D eigenvalue weighted by Crippen LogP contribution is -2.42. The number of rotatable bonds is 10. The number of carbonyl (C=O) groups is 1. The van der Waals surface area contributed by atoms with Gasteiger partial charge in [-0.25, -0.2) is 0 Å². The van der Waals surface area contributed by atoms with E-state index < -0.39 is 4.75 Å². The lowest BCUT2D eigenvalue weighted by Gasteiger charge is -2.35. The first-order valence-corrected chi connectivity index (χ1v) is 12.4. The van der Waals surface area contributed by atoms with Gasteiger partial charge in [0.1, 0.15) is 0 Å². The van der Waals surface area contributed by atoms with Crippen molar-refractivity contribution in [2.75, 3.05) is 25.0 Å². The van der Waals surface area contributed by atoms with Gasteiger partial charge in [0.25, 0.3) is 0 Å². The van der Waals surface area contributed by atoms with Crippen LogP contribution in [0.15, 0.2) is 29.2 Å². The molecule has 1 saturated heterocycles. The zero-order valence-corrected chi connectivity index (χ0v) is 19.1. The van der Waals surface area contributed by atoms with Crippen LogP contribution in [0, 0.1) is 11.3 Å². The van der Waals surface area contributed by atoms with E-state index in [4.69, 9.17) is 5.73 Å². The van der Waals surface area contributed by atoms with Crippen molar-refractivity contribution in [3.8, 4) is 0 Å². The number of thioether (sulfide) groups is 1. The van der Waals surface area contributed by atoms with Gasteiger partial charge in [0, 0.05) is 17.1 Å². The number of primary amides is 1. The van der Waals surface area contributed by atoms with Crippen LogP contribution in [0.5, 0.6) is 0 Å². The van der Waals surface area contributed by atoms with Crippen LogP contribution in [-0.4, -0.2) is 30.3 Å². The molecule has 1 spiro atoms. The number of hydrogen-bond donors (Lipinski definition) is 3. The Morgan fingerprint density at radius 3 is 2.52 bits per heavy atom. The molecule has 162 valence electrons. The second kappa shape index (κ2) is 10.2. The maximum absolute atomic E-state index is 12.5. The van der Waals surface area contributed by atoms with Crippen molar-refractivity contribution in [3.63, 3.8) is 0 Å². The Balaban J connectivity index is 1.59. The maximum Gasteiger partial charge on any atom is 0.234 e. The van der Waals surface area contributed by atoms with Crippen LogP contribution in [0.4, 0.5) is 5.69 Å². The summed E-state index contributed by atoms with van der Waals surface area (Å²) in [6.07, 6.45) is 10.4. The Labute approximate surface area is 181 Å². The van der Waals surface area contributed by atoms with Crippen LogP contribution in [-0.2, 0) is 4.79 Å². The van der Waals surface area contributed by atoms with Gasteiger partial charge >= 0.3 is 0 Å². The van der Waals surface area contributed by atoms with Gasteiger partial charge in [0.15, 0.2) is 0 Å². The molecule has 2 fully saturated rings. The smallest absolute Gasteiger partial charge is 0.234 e. The summed E-state index contributed by atoms with van der Waals surface area (Å²) in [6, 6.07) is 8.61. The van der Waals surface area contributed by atoms with Crippen molar-refractivity contribution in [2.24, 2.45) is 17.1 Å². The van der Waals surface area contributed by atoms with E-state index in [0.29, 0.717) is 5.41 Å². The molecular formula is C24H39N3OS. The molecule has 0 aromatic heterocycles. The third-order valence-electron chi connectivity index (χ3n) is 7.14. The molecule has 1 saturated carbocycles. The molecule has 1 amide bonds. The summed E-state index contributed by atoms with van der Waals surface area (Å²) in [5, 5.41) is 7.05. The van der Waals surface area contributed by atoms with E-state index in [-0.39, 0.29) is 5.91 Å². The molecule has 1 aliphatic heterocycles. The van der Waals surface area contributed by atoms with Crippen LogP contribution in [0.25, 0.3) is 0 Å². The number of nitrogens with two attached hydrogens (primary N) is 1. The van der Waals surface area contributed by atoms with Crippen LogP contribution in [0.3, 0.4) is 0 Å². The fraction of sp³-hybridized carbons (Fsp3) is 0.708. The van der Waals surface area contributed by atoms with Crippen LogP contribution < -0.4 is 16.4 Å². The fourth-order valence-electron chi connectivity index (χ4n) is 5.05. The third-order valence-corrected chi connectivity index (χ3v) is 8.59. The molecule has 29 heavy (non-hydrogen) atoms. The molecule has 2 unspecified atom stereocenters. The molecule has 0 radical (unpaired) electrons. The predicted octanol–water partition coefficient (Wildman–Crippen LogP) is 5.18. The molecule has 5 heteroatoms. The normalized spacial score (nSPS) is 24.5. The molecule has 1 aromatic carbocycles. The molecule has 1 aliphatic carbocycles. The molecule has 4 N–H and O–H groups in total. The van der Waals surface area contributed by atoms with Crippen molar-refractivity contribution in [1.82, 2.24) is 5.32 Å². The van der Waals surface area contributed by atoms with Crippen LogP contribution >= 0.6 is 11.8 Å². The number of piperidine rings is 1. The minimum atomic E-state index is -0.445. The zero-order valence-electron chi connectivity index (χ0n) is 18.3. The summed E-state index contributed by atoms with van der Waals surface area (Å²) >= 11 is 1.70. The SMILES string of the molecule is CCCCC(CC)CNc1ccc(SC2(C(N)=O)CCC3(CCNCC3)C2)cc1. The molecule has 2 aliphatic rings. The maximum atomic E-state index is 12.5. The van der Waals surface area contributed by atoms with E-state index in [1.54, 1.807) is 11.8 Å². The van der Waals surface area contributed by atoms with Crippen molar-refractivity contribution >= 4 is 23.4 Å². The van der Waals surface area contributed by atoms with E-state index >= 15 is 0 Å². The highest BCUT2D eigenvalue weighted by Crippen LogP contribution is 2.56. The summed E-state index contributed by atoms with van der Waals surface area (Å²) in [5.41, 5.74) is 7.42. The second-order valence-corrected chi connectivity index (χ2v) is 10.7.